The molecule has 0 saturated carbocycles. The van der Waals surface area contributed by atoms with E-state index in [1.165, 1.54) is 18.2 Å². The number of aliphatic hydroxyl groups is 1. The number of carbonyl (C=O) groups excluding carboxylic acids is 1. The van der Waals surface area contributed by atoms with Crippen LogP contribution < -0.4 is 5.32 Å². The van der Waals surface area contributed by atoms with Crippen molar-refractivity contribution in [2.24, 2.45) is 0 Å². The van der Waals surface area contributed by atoms with E-state index in [2.05, 4.69) is 11.4 Å². The maximum Gasteiger partial charge on any atom is 0.254 e. The topological polar surface area (TPSA) is 73.1 Å². The molecule has 1 aliphatic heterocycles. The Labute approximate surface area is 137 Å². The third kappa shape index (κ3) is 4.04. The third-order valence-corrected chi connectivity index (χ3v) is 4.79. The lowest BCUT2D eigenvalue weighted by molar-refractivity contribution is -0.131. The number of hydrogen-bond acceptors (Lipinski definition) is 4. The van der Waals surface area contributed by atoms with E-state index in [0.29, 0.717) is 28.5 Å². The fourth-order valence-electron chi connectivity index (χ4n) is 2.17. The molecule has 1 unspecified atom stereocenters. The SMILES string of the molecule is N#CC1(NC(=O)C(O)c2cc(Cl)cc(Cl)c2)CCSCC1. The molecule has 1 aromatic carbocycles. The molecule has 0 bridgehead atoms. The summed E-state index contributed by atoms with van der Waals surface area (Å²) in [6, 6.07) is 6.65. The summed E-state index contributed by atoms with van der Waals surface area (Å²) in [6.07, 6.45) is -0.257. The van der Waals surface area contributed by atoms with Gasteiger partial charge in [-0.15, -0.1) is 0 Å². The zero-order valence-electron chi connectivity index (χ0n) is 11.1. The normalized spacial score (nSPS) is 18.6. The first kappa shape index (κ1) is 16.4. The lowest BCUT2D eigenvalue weighted by Gasteiger charge is -2.32. The molecule has 0 radical (unpaired) electrons. The maximum absolute atomic E-state index is 12.2. The van der Waals surface area contributed by atoms with Gasteiger partial charge in [0.2, 0.25) is 0 Å². The van der Waals surface area contributed by atoms with Crippen LogP contribution in [0.1, 0.15) is 24.5 Å². The molecular weight excluding hydrogens is 331 g/mol. The minimum Gasteiger partial charge on any atom is -0.378 e. The van der Waals surface area contributed by atoms with E-state index in [9.17, 15) is 15.2 Å². The Hall–Kier alpha value is -0.930. The van der Waals surface area contributed by atoms with Gasteiger partial charge in [-0.1, -0.05) is 23.2 Å². The summed E-state index contributed by atoms with van der Waals surface area (Å²) in [5, 5.41) is 22.8. The van der Waals surface area contributed by atoms with E-state index < -0.39 is 17.6 Å². The summed E-state index contributed by atoms with van der Waals surface area (Å²) in [6.45, 7) is 0. The summed E-state index contributed by atoms with van der Waals surface area (Å²) in [5.74, 6) is 1.02. The zero-order valence-corrected chi connectivity index (χ0v) is 13.4. The highest BCUT2D eigenvalue weighted by molar-refractivity contribution is 7.99. The molecule has 21 heavy (non-hydrogen) atoms. The summed E-state index contributed by atoms with van der Waals surface area (Å²) >= 11 is 13.5. The van der Waals surface area contributed by atoms with Crippen LogP contribution in [0.2, 0.25) is 10.0 Å². The molecule has 1 saturated heterocycles. The molecule has 1 heterocycles. The first-order valence-corrected chi connectivity index (χ1v) is 8.32. The van der Waals surface area contributed by atoms with Crippen molar-refractivity contribution in [1.29, 1.82) is 5.26 Å². The van der Waals surface area contributed by atoms with Gasteiger partial charge in [-0.3, -0.25) is 4.79 Å². The number of rotatable bonds is 3. The Kier molecular flexibility index (Phi) is 5.39. The van der Waals surface area contributed by atoms with Crippen LogP contribution >= 0.6 is 35.0 Å². The number of halogens is 2. The van der Waals surface area contributed by atoms with Gasteiger partial charge in [-0.05, 0) is 48.1 Å². The van der Waals surface area contributed by atoms with Gasteiger partial charge >= 0.3 is 0 Å². The van der Waals surface area contributed by atoms with Crippen molar-refractivity contribution in [1.82, 2.24) is 5.32 Å². The highest BCUT2D eigenvalue weighted by Crippen LogP contribution is 2.28. The highest BCUT2D eigenvalue weighted by Gasteiger charge is 2.35. The first-order valence-electron chi connectivity index (χ1n) is 6.41. The average Bonchev–Trinajstić information content (AvgIpc) is 2.46. The smallest absolute Gasteiger partial charge is 0.254 e. The van der Waals surface area contributed by atoms with Crippen molar-refractivity contribution in [2.45, 2.75) is 24.5 Å². The summed E-state index contributed by atoms with van der Waals surface area (Å²) in [4.78, 5) is 12.2. The van der Waals surface area contributed by atoms with E-state index in [4.69, 9.17) is 23.2 Å². The lowest BCUT2D eigenvalue weighted by atomic mass is 9.93. The largest absolute Gasteiger partial charge is 0.378 e. The molecule has 1 aliphatic rings. The van der Waals surface area contributed by atoms with Gasteiger partial charge in [0.1, 0.15) is 5.54 Å². The number of nitriles is 1. The number of hydrogen-bond donors (Lipinski definition) is 2. The number of nitrogens with one attached hydrogen (secondary N) is 1. The number of thioether (sulfide) groups is 1. The van der Waals surface area contributed by atoms with E-state index in [1.807, 2.05) is 0 Å². The number of amides is 1. The second kappa shape index (κ2) is 6.89. The lowest BCUT2D eigenvalue weighted by Crippen LogP contribution is -2.51. The minimum atomic E-state index is -1.40. The monoisotopic (exact) mass is 344 g/mol. The van der Waals surface area contributed by atoms with Crippen LogP contribution in [0.3, 0.4) is 0 Å². The quantitative estimate of drug-likeness (QED) is 0.883. The van der Waals surface area contributed by atoms with Gasteiger partial charge in [0.15, 0.2) is 6.10 Å². The highest BCUT2D eigenvalue weighted by atomic mass is 35.5. The van der Waals surface area contributed by atoms with Crippen LogP contribution in [0, 0.1) is 11.3 Å². The van der Waals surface area contributed by atoms with Crippen LogP contribution in [-0.4, -0.2) is 28.1 Å². The van der Waals surface area contributed by atoms with Gasteiger partial charge < -0.3 is 10.4 Å². The Balaban J connectivity index is 2.13. The van der Waals surface area contributed by atoms with Crippen molar-refractivity contribution in [3.63, 3.8) is 0 Å². The van der Waals surface area contributed by atoms with Crippen LogP contribution in [0.4, 0.5) is 0 Å². The average molecular weight is 345 g/mol. The fourth-order valence-corrected chi connectivity index (χ4v) is 3.91. The number of carbonyl (C=O) groups is 1. The molecule has 0 aromatic heterocycles. The minimum absolute atomic E-state index is 0.309. The molecule has 7 heteroatoms. The predicted octanol–water partition coefficient (Wildman–Crippen LogP) is 2.93. The molecule has 0 spiro atoms. The summed E-state index contributed by atoms with van der Waals surface area (Å²) < 4.78 is 0. The molecule has 0 aliphatic carbocycles. The molecule has 112 valence electrons. The molecule has 1 fully saturated rings. The second-order valence-corrected chi connectivity index (χ2v) is 7.00. The molecule has 2 N–H and O–H groups in total. The van der Waals surface area contributed by atoms with E-state index in [1.54, 1.807) is 11.8 Å². The second-order valence-electron chi connectivity index (χ2n) is 4.90. The molecule has 4 nitrogen and oxygen atoms in total. The number of aliphatic hydroxyl groups excluding tert-OH is 1. The zero-order chi connectivity index (χ0) is 15.5. The predicted molar refractivity (Wildman–Crippen MR) is 84.5 cm³/mol. The standard InChI is InChI=1S/C14H14Cl2N2O2S/c15-10-5-9(6-11(16)7-10)12(19)13(20)18-14(8-17)1-3-21-4-2-14/h5-7,12,19H,1-4H2,(H,18,20). The number of benzene rings is 1. The van der Waals surface area contributed by atoms with Crippen LogP contribution in [0.25, 0.3) is 0 Å². The molecular formula is C14H14Cl2N2O2S. The van der Waals surface area contributed by atoms with Crippen LogP contribution in [-0.2, 0) is 4.79 Å². The Bertz CT molecular complexity index is 563. The first-order chi connectivity index (χ1) is 9.96. The van der Waals surface area contributed by atoms with Crippen LogP contribution in [0.5, 0.6) is 0 Å². The molecule has 1 amide bonds. The van der Waals surface area contributed by atoms with Gasteiger partial charge in [0.05, 0.1) is 6.07 Å². The fraction of sp³-hybridized carbons (Fsp3) is 0.429. The van der Waals surface area contributed by atoms with E-state index in [0.717, 1.165) is 11.5 Å². The van der Waals surface area contributed by atoms with Gasteiger partial charge in [-0.25, -0.2) is 0 Å². The molecule has 1 aromatic rings. The van der Waals surface area contributed by atoms with Crippen molar-refractivity contribution in [3.8, 4) is 6.07 Å². The van der Waals surface area contributed by atoms with Gasteiger partial charge in [-0.2, -0.15) is 17.0 Å². The summed E-state index contributed by atoms with van der Waals surface area (Å²) in [5.41, 5.74) is -0.589. The Morgan fingerprint density at radius 3 is 2.43 bits per heavy atom. The number of nitrogens with zero attached hydrogens (tertiary/aromatic N) is 1. The molecule has 1 atom stereocenters. The van der Waals surface area contributed by atoms with Crippen molar-refractivity contribution in [3.05, 3.63) is 33.8 Å². The van der Waals surface area contributed by atoms with Gasteiger partial charge in [0, 0.05) is 10.0 Å². The van der Waals surface area contributed by atoms with Crippen molar-refractivity contribution >= 4 is 40.9 Å². The maximum atomic E-state index is 12.2. The van der Waals surface area contributed by atoms with Gasteiger partial charge in [0.25, 0.3) is 5.91 Å². The van der Waals surface area contributed by atoms with Crippen LogP contribution in [0.15, 0.2) is 18.2 Å². The van der Waals surface area contributed by atoms with E-state index >= 15 is 0 Å². The van der Waals surface area contributed by atoms with Crippen molar-refractivity contribution in [2.75, 3.05) is 11.5 Å². The Morgan fingerprint density at radius 1 is 1.33 bits per heavy atom. The summed E-state index contributed by atoms with van der Waals surface area (Å²) in [7, 11) is 0. The van der Waals surface area contributed by atoms with Crippen molar-refractivity contribution < 1.29 is 9.90 Å². The van der Waals surface area contributed by atoms with E-state index in [-0.39, 0.29) is 0 Å². The Morgan fingerprint density at radius 2 is 1.90 bits per heavy atom. The third-order valence-electron chi connectivity index (χ3n) is 3.37. The molecule has 2 rings (SSSR count).